The van der Waals surface area contributed by atoms with Gasteiger partial charge in [-0.3, -0.25) is 0 Å². The molecule has 1 aromatic carbocycles. The van der Waals surface area contributed by atoms with Crippen LogP contribution in [0.3, 0.4) is 0 Å². The third kappa shape index (κ3) is 1.80. The lowest BCUT2D eigenvalue weighted by Crippen LogP contribution is -2.14. The number of aliphatic hydroxyl groups excluding tert-OH is 1. The molecule has 0 unspecified atom stereocenters. The van der Waals surface area contributed by atoms with Gasteiger partial charge in [0.15, 0.2) is 0 Å². The van der Waals surface area contributed by atoms with E-state index in [1.807, 2.05) is 0 Å². The molecule has 0 saturated carbocycles. The molecule has 1 aliphatic rings. The van der Waals surface area contributed by atoms with Crippen molar-refractivity contribution >= 4 is 5.97 Å². The van der Waals surface area contributed by atoms with Gasteiger partial charge in [-0.25, -0.2) is 4.79 Å². The van der Waals surface area contributed by atoms with E-state index in [1.54, 1.807) is 18.2 Å². The Morgan fingerprint density at radius 3 is 3.13 bits per heavy atom. The Morgan fingerprint density at radius 2 is 2.40 bits per heavy atom. The lowest BCUT2D eigenvalue weighted by Gasteiger charge is -2.22. The van der Waals surface area contributed by atoms with Crippen LogP contribution in [0.15, 0.2) is 18.2 Å². The summed E-state index contributed by atoms with van der Waals surface area (Å²) in [6.45, 7) is 0.471. The van der Waals surface area contributed by atoms with Crippen LogP contribution in [0.5, 0.6) is 5.75 Å². The average Bonchev–Trinajstić information content (AvgIpc) is 2.28. The summed E-state index contributed by atoms with van der Waals surface area (Å²) in [5.74, 6) is 0.165. The van der Waals surface area contributed by atoms with Gasteiger partial charge in [0.25, 0.3) is 0 Å². The number of benzene rings is 1. The number of hydrogen-bond donors (Lipinski definition) is 1. The number of methoxy groups -OCH3 is 1. The molecule has 0 bridgehead atoms. The number of ether oxygens (including phenoxy) is 2. The molecule has 0 spiro atoms. The fourth-order valence-corrected chi connectivity index (χ4v) is 1.62. The molecule has 0 aliphatic carbocycles. The summed E-state index contributed by atoms with van der Waals surface area (Å²) in [5, 5.41) is 9.65. The number of carbonyl (C=O) groups is 1. The van der Waals surface area contributed by atoms with Crippen LogP contribution in [0.1, 0.15) is 28.4 Å². The van der Waals surface area contributed by atoms with Crippen LogP contribution >= 0.6 is 0 Å². The zero-order valence-electron chi connectivity index (χ0n) is 8.40. The summed E-state index contributed by atoms with van der Waals surface area (Å²) >= 11 is 0. The van der Waals surface area contributed by atoms with Crippen LogP contribution in [-0.4, -0.2) is 24.8 Å². The van der Waals surface area contributed by atoms with Crippen molar-refractivity contribution in [3.63, 3.8) is 0 Å². The zero-order valence-corrected chi connectivity index (χ0v) is 8.40. The highest BCUT2D eigenvalue weighted by atomic mass is 16.5. The number of fused-ring (bicyclic) bond motifs is 1. The first-order chi connectivity index (χ1) is 7.22. The van der Waals surface area contributed by atoms with Crippen LogP contribution in [0.2, 0.25) is 0 Å². The molecule has 1 aliphatic heterocycles. The molecule has 0 amide bonds. The lowest BCUT2D eigenvalue weighted by atomic mass is 10.0. The van der Waals surface area contributed by atoms with Crippen LogP contribution in [0, 0.1) is 0 Å². The number of aliphatic hydroxyl groups is 1. The van der Waals surface area contributed by atoms with Gasteiger partial charge in [0.1, 0.15) is 5.75 Å². The molecule has 1 heterocycles. The van der Waals surface area contributed by atoms with E-state index in [1.165, 1.54) is 7.11 Å². The third-order valence-corrected chi connectivity index (χ3v) is 2.44. The maximum absolute atomic E-state index is 11.2. The molecule has 4 heteroatoms. The maximum Gasteiger partial charge on any atom is 0.337 e. The van der Waals surface area contributed by atoms with Gasteiger partial charge in [-0.15, -0.1) is 0 Å². The van der Waals surface area contributed by atoms with E-state index in [0.29, 0.717) is 24.3 Å². The Hall–Kier alpha value is -1.55. The molecule has 0 saturated heterocycles. The minimum Gasteiger partial charge on any atom is -0.493 e. The second-order valence-electron chi connectivity index (χ2n) is 3.40. The van der Waals surface area contributed by atoms with E-state index in [2.05, 4.69) is 4.74 Å². The van der Waals surface area contributed by atoms with Gasteiger partial charge in [0.05, 0.1) is 25.4 Å². The minimum absolute atomic E-state index is 0.401. The standard InChI is InChI=1S/C11H12O4/c1-14-11(13)7-2-3-8-9(12)4-5-15-10(8)6-7/h2-3,6,9,12H,4-5H2,1H3/t9-/m1/s1. The smallest absolute Gasteiger partial charge is 0.337 e. The molecular formula is C11H12O4. The summed E-state index contributed by atoms with van der Waals surface area (Å²) in [7, 11) is 1.33. The Bertz CT molecular complexity index is 386. The second-order valence-corrected chi connectivity index (χ2v) is 3.40. The topological polar surface area (TPSA) is 55.8 Å². The minimum atomic E-state index is -0.500. The first-order valence-electron chi connectivity index (χ1n) is 4.75. The Morgan fingerprint density at radius 1 is 1.60 bits per heavy atom. The lowest BCUT2D eigenvalue weighted by molar-refractivity contribution is 0.0598. The van der Waals surface area contributed by atoms with Crippen molar-refractivity contribution in [2.75, 3.05) is 13.7 Å². The van der Waals surface area contributed by atoms with E-state index >= 15 is 0 Å². The second kappa shape index (κ2) is 3.90. The highest BCUT2D eigenvalue weighted by Gasteiger charge is 2.20. The number of rotatable bonds is 1. The molecule has 1 N–H and O–H groups in total. The largest absolute Gasteiger partial charge is 0.493 e. The Kier molecular flexibility index (Phi) is 2.60. The fourth-order valence-electron chi connectivity index (χ4n) is 1.62. The van der Waals surface area contributed by atoms with Gasteiger partial charge < -0.3 is 14.6 Å². The Labute approximate surface area is 87.4 Å². The van der Waals surface area contributed by atoms with Crippen molar-refractivity contribution < 1.29 is 19.4 Å². The maximum atomic E-state index is 11.2. The molecule has 1 atom stereocenters. The van der Waals surface area contributed by atoms with Crippen molar-refractivity contribution in [1.82, 2.24) is 0 Å². The molecule has 2 rings (SSSR count). The monoisotopic (exact) mass is 208 g/mol. The van der Waals surface area contributed by atoms with Crippen molar-refractivity contribution in [3.05, 3.63) is 29.3 Å². The van der Waals surface area contributed by atoms with E-state index < -0.39 is 12.1 Å². The molecule has 0 fully saturated rings. The number of hydrogen-bond acceptors (Lipinski definition) is 4. The van der Waals surface area contributed by atoms with Gasteiger partial charge >= 0.3 is 5.97 Å². The third-order valence-electron chi connectivity index (χ3n) is 2.44. The van der Waals surface area contributed by atoms with Gasteiger partial charge in [-0.2, -0.15) is 0 Å². The molecule has 80 valence electrons. The molecule has 0 aromatic heterocycles. The number of carbonyl (C=O) groups excluding carboxylic acids is 1. The van der Waals surface area contributed by atoms with Crippen LogP contribution in [-0.2, 0) is 4.74 Å². The summed E-state index contributed by atoms with van der Waals surface area (Å²) in [5.41, 5.74) is 1.17. The van der Waals surface area contributed by atoms with Crippen LogP contribution in [0.4, 0.5) is 0 Å². The van der Waals surface area contributed by atoms with Gasteiger partial charge in [-0.05, 0) is 12.1 Å². The Balaban J connectivity index is 2.37. The molecule has 0 radical (unpaired) electrons. The summed E-state index contributed by atoms with van der Waals surface area (Å²) < 4.78 is 9.96. The molecule has 15 heavy (non-hydrogen) atoms. The zero-order chi connectivity index (χ0) is 10.8. The van der Waals surface area contributed by atoms with Crippen LogP contribution in [0.25, 0.3) is 0 Å². The predicted octanol–water partition coefficient (Wildman–Crippen LogP) is 1.29. The normalized spacial score (nSPS) is 18.9. The molecular weight excluding hydrogens is 196 g/mol. The molecule has 4 nitrogen and oxygen atoms in total. The number of esters is 1. The van der Waals surface area contributed by atoms with Crippen molar-refractivity contribution in [2.24, 2.45) is 0 Å². The quantitative estimate of drug-likeness (QED) is 0.706. The van der Waals surface area contributed by atoms with E-state index in [-0.39, 0.29) is 0 Å². The predicted molar refractivity (Wildman–Crippen MR) is 52.9 cm³/mol. The van der Waals surface area contributed by atoms with Crippen molar-refractivity contribution in [2.45, 2.75) is 12.5 Å². The van der Waals surface area contributed by atoms with Crippen LogP contribution < -0.4 is 4.74 Å². The highest BCUT2D eigenvalue weighted by molar-refractivity contribution is 5.89. The first kappa shape index (κ1) is 9.98. The summed E-state index contributed by atoms with van der Waals surface area (Å²) in [6, 6.07) is 4.93. The summed E-state index contributed by atoms with van der Waals surface area (Å²) in [4.78, 5) is 11.2. The summed E-state index contributed by atoms with van der Waals surface area (Å²) in [6.07, 6.45) is 0.0883. The van der Waals surface area contributed by atoms with Crippen molar-refractivity contribution in [3.8, 4) is 5.75 Å². The van der Waals surface area contributed by atoms with Crippen molar-refractivity contribution in [1.29, 1.82) is 0 Å². The van der Waals surface area contributed by atoms with E-state index in [9.17, 15) is 9.90 Å². The van der Waals surface area contributed by atoms with Gasteiger partial charge in [-0.1, -0.05) is 6.07 Å². The van der Waals surface area contributed by atoms with Gasteiger partial charge in [0, 0.05) is 12.0 Å². The average molecular weight is 208 g/mol. The SMILES string of the molecule is COC(=O)c1ccc2c(c1)OCC[C@H]2O. The fraction of sp³-hybridized carbons (Fsp3) is 0.364. The highest BCUT2D eigenvalue weighted by Crippen LogP contribution is 2.32. The molecule has 1 aromatic rings. The van der Waals surface area contributed by atoms with E-state index in [4.69, 9.17) is 4.74 Å². The van der Waals surface area contributed by atoms with E-state index in [0.717, 1.165) is 5.56 Å². The first-order valence-corrected chi connectivity index (χ1v) is 4.75. The van der Waals surface area contributed by atoms with Gasteiger partial charge in [0.2, 0.25) is 0 Å².